The lowest BCUT2D eigenvalue weighted by Gasteiger charge is -2.42. The molecule has 1 spiro atoms. The van der Waals surface area contributed by atoms with Gasteiger partial charge in [0.1, 0.15) is 5.54 Å². The van der Waals surface area contributed by atoms with Crippen LogP contribution in [-0.2, 0) is 11.3 Å². The first-order chi connectivity index (χ1) is 14.2. The van der Waals surface area contributed by atoms with E-state index < -0.39 is 12.2 Å². The highest BCUT2D eigenvalue weighted by atomic mass is 19.3. The number of benzene rings is 1. The first kappa shape index (κ1) is 22.3. The maximum absolute atomic E-state index is 13.3. The molecule has 1 heterocycles. The van der Waals surface area contributed by atoms with Crippen molar-refractivity contribution < 1.29 is 27.8 Å². The SMILES string of the molecule is COc1cc(CN(C)CN2C(=O)NC3(C2=O)[C@@H](C)CCC[C@@H]3C)ccc1OC(F)F. The molecule has 1 aromatic carbocycles. The summed E-state index contributed by atoms with van der Waals surface area (Å²) in [5.74, 6) is 0.145. The van der Waals surface area contributed by atoms with E-state index in [4.69, 9.17) is 4.74 Å². The molecule has 30 heavy (non-hydrogen) atoms. The van der Waals surface area contributed by atoms with Crippen molar-refractivity contribution in [2.75, 3.05) is 20.8 Å². The number of rotatable bonds is 7. The lowest BCUT2D eigenvalue weighted by Crippen LogP contribution is -2.59. The fourth-order valence-corrected chi connectivity index (χ4v) is 4.69. The minimum Gasteiger partial charge on any atom is -0.493 e. The minimum atomic E-state index is -2.94. The second-order valence-corrected chi connectivity index (χ2v) is 8.28. The number of hydrogen-bond donors (Lipinski definition) is 1. The van der Waals surface area contributed by atoms with Crippen molar-refractivity contribution in [3.8, 4) is 11.5 Å². The Bertz CT molecular complexity index is 794. The maximum Gasteiger partial charge on any atom is 0.387 e. The van der Waals surface area contributed by atoms with E-state index >= 15 is 0 Å². The molecule has 7 nitrogen and oxygen atoms in total. The summed E-state index contributed by atoms with van der Waals surface area (Å²) >= 11 is 0. The molecule has 1 aromatic rings. The average Bonchev–Trinajstić information content (AvgIpc) is 2.93. The minimum absolute atomic E-state index is 0.0461. The highest BCUT2D eigenvalue weighted by Gasteiger charge is 2.58. The van der Waals surface area contributed by atoms with Crippen molar-refractivity contribution in [2.24, 2.45) is 11.8 Å². The van der Waals surface area contributed by atoms with Crippen molar-refractivity contribution in [3.63, 3.8) is 0 Å². The van der Waals surface area contributed by atoms with E-state index in [1.54, 1.807) is 19.2 Å². The molecule has 1 aliphatic heterocycles. The molecule has 2 aliphatic rings. The largest absolute Gasteiger partial charge is 0.493 e. The van der Waals surface area contributed by atoms with E-state index in [0.29, 0.717) is 6.54 Å². The molecule has 3 amide bonds. The summed E-state index contributed by atoms with van der Waals surface area (Å²) < 4.78 is 34.6. The Hall–Kier alpha value is -2.42. The molecule has 0 unspecified atom stereocenters. The summed E-state index contributed by atoms with van der Waals surface area (Å²) in [4.78, 5) is 29.0. The molecule has 1 saturated heterocycles. The van der Waals surface area contributed by atoms with E-state index in [1.165, 1.54) is 18.1 Å². The van der Waals surface area contributed by atoms with E-state index in [2.05, 4.69) is 10.1 Å². The molecule has 9 heteroatoms. The molecular formula is C21H29F2N3O4. The highest BCUT2D eigenvalue weighted by molar-refractivity contribution is 6.07. The number of methoxy groups -OCH3 is 1. The van der Waals surface area contributed by atoms with Gasteiger partial charge in [0.15, 0.2) is 11.5 Å². The Morgan fingerprint density at radius 2 is 1.90 bits per heavy atom. The number of urea groups is 1. The summed E-state index contributed by atoms with van der Waals surface area (Å²) in [7, 11) is 3.16. The van der Waals surface area contributed by atoms with Gasteiger partial charge in [-0.2, -0.15) is 8.78 Å². The molecule has 0 radical (unpaired) electrons. The molecule has 3 rings (SSSR count). The molecule has 0 aromatic heterocycles. The van der Waals surface area contributed by atoms with Gasteiger partial charge in [-0.3, -0.25) is 9.69 Å². The molecule has 1 saturated carbocycles. The number of nitrogens with one attached hydrogen (secondary N) is 1. The number of amides is 3. The van der Waals surface area contributed by atoms with Crippen molar-refractivity contribution in [1.29, 1.82) is 0 Å². The van der Waals surface area contributed by atoms with Gasteiger partial charge in [0, 0.05) is 6.54 Å². The van der Waals surface area contributed by atoms with Crippen LogP contribution in [0.4, 0.5) is 13.6 Å². The summed E-state index contributed by atoms with van der Waals surface area (Å²) in [5.41, 5.74) is -0.0506. The first-order valence-electron chi connectivity index (χ1n) is 10.1. The smallest absolute Gasteiger partial charge is 0.387 e. The molecular weight excluding hydrogens is 396 g/mol. The monoisotopic (exact) mass is 425 g/mol. The number of halogens is 2. The van der Waals surface area contributed by atoms with E-state index in [1.807, 2.05) is 18.7 Å². The zero-order chi connectivity index (χ0) is 22.1. The average molecular weight is 425 g/mol. The summed E-state index contributed by atoms with van der Waals surface area (Å²) in [5, 5.41) is 2.98. The van der Waals surface area contributed by atoms with E-state index in [0.717, 1.165) is 24.8 Å². The van der Waals surface area contributed by atoms with Crippen LogP contribution in [0.3, 0.4) is 0 Å². The number of nitrogens with zero attached hydrogens (tertiary/aromatic N) is 2. The van der Waals surface area contributed by atoms with Gasteiger partial charge >= 0.3 is 12.6 Å². The molecule has 2 fully saturated rings. The quantitative estimate of drug-likeness (QED) is 0.678. The van der Waals surface area contributed by atoms with E-state index in [9.17, 15) is 18.4 Å². The second kappa shape index (κ2) is 8.75. The number of carbonyl (C=O) groups excluding carboxylic acids is 2. The summed E-state index contributed by atoms with van der Waals surface area (Å²) in [6, 6.07) is 4.30. The Balaban J connectivity index is 1.70. The number of carbonyl (C=O) groups is 2. The Labute approximate surface area is 175 Å². The van der Waals surface area contributed by atoms with Gasteiger partial charge in [0.25, 0.3) is 5.91 Å². The van der Waals surface area contributed by atoms with Crippen LogP contribution in [0.2, 0.25) is 0 Å². The zero-order valence-corrected chi connectivity index (χ0v) is 17.8. The van der Waals surface area contributed by atoms with Gasteiger partial charge in [0.2, 0.25) is 0 Å². The van der Waals surface area contributed by atoms with Crippen molar-refractivity contribution in [1.82, 2.24) is 15.1 Å². The summed E-state index contributed by atoms with van der Waals surface area (Å²) in [6.07, 6.45) is 2.87. The Kier molecular flexibility index (Phi) is 6.50. The Morgan fingerprint density at radius 3 is 2.50 bits per heavy atom. The second-order valence-electron chi connectivity index (χ2n) is 8.28. The molecule has 2 atom stereocenters. The fourth-order valence-electron chi connectivity index (χ4n) is 4.69. The number of ether oxygens (including phenoxy) is 2. The third-order valence-corrected chi connectivity index (χ3v) is 6.27. The first-order valence-corrected chi connectivity index (χ1v) is 10.1. The molecule has 1 aliphatic carbocycles. The molecule has 0 bridgehead atoms. The van der Waals surface area contributed by atoms with Gasteiger partial charge in [0.05, 0.1) is 13.8 Å². The van der Waals surface area contributed by atoms with Gasteiger partial charge < -0.3 is 14.8 Å². The summed E-state index contributed by atoms with van der Waals surface area (Å²) in [6.45, 7) is 1.63. The molecule has 1 N–H and O–H groups in total. The highest BCUT2D eigenvalue weighted by Crippen LogP contribution is 2.42. The van der Waals surface area contributed by atoms with Gasteiger partial charge in [-0.1, -0.05) is 26.3 Å². The van der Waals surface area contributed by atoms with Crippen molar-refractivity contribution in [3.05, 3.63) is 23.8 Å². The van der Waals surface area contributed by atoms with Crippen LogP contribution in [0.1, 0.15) is 38.7 Å². The van der Waals surface area contributed by atoms with Gasteiger partial charge in [-0.15, -0.1) is 0 Å². The fraction of sp³-hybridized carbons (Fsp3) is 0.619. The third-order valence-electron chi connectivity index (χ3n) is 6.27. The van der Waals surface area contributed by atoms with Gasteiger partial charge in [-0.25, -0.2) is 9.69 Å². The van der Waals surface area contributed by atoms with Gasteiger partial charge in [-0.05, 0) is 49.4 Å². The molecule has 166 valence electrons. The number of imide groups is 1. The van der Waals surface area contributed by atoms with Crippen LogP contribution < -0.4 is 14.8 Å². The zero-order valence-electron chi connectivity index (χ0n) is 17.8. The number of alkyl halides is 2. The van der Waals surface area contributed by atoms with E-state index in [-0.39, 0.29) is 41.9 Å². The normalized spacial score (nSPS) is 23.4. The van der Waals surface area contributed by atoms with Crippen molar-refractivity contribution >= 4 is 11.9 Å². The topological polar surface area (TPSA) is 71.1 Å². The third kappa shape index (κ3) is 4.08. The van der Waals surface area contributed by atoms with Crippen LogP contribution in [0, 0.1) is 11.8 Å². The predicted octanol–water partition coefficient (Wildman–Crippen LogP) is 3.43. The van der Waals surface area contributed by atoms with Crippen LogP contribution in [0.15, 0.2) is 18.2 Å². The van der Waals surface area contributed by atoms with Crippen molar-refractivity contribution in [2.45, 2.75) is 51.8 Å². The lowest BCUT2D eigenvalue weighted by molar-refractivity contribution is -0.137. The lowest BCUT2D eigenvalue weighted by atomic mass is 9.67. The van der Waals surface area contributed by atoms with Crippen LogP contribution >= 0.6 is 0 Å². The maximum atomic E-state index is 13.3. The Morgan fingerprint density at radius 1 is 1.23 bits per heavy atom. The van der Waals surface area contributed by atoms with Crippen LogP contribution in [0.25, 0.3) is 0 Å². The standard InChI is InChI=1S/C21H29F2N3O4/c1-13-6-5-7-14(2)21(13)18(27)26(20(28)24-21)12-25(3)11-15-8-9-16(30-19(22)23)17(10-15)29-4/h8-10,13-14,19H,5-7,11-12H2,1-4H3,(H,24,28)/t13-,14-/m0/s1. The van der Waals surface area contributed by atoms with Crippen LogP contribution in [0.5, 0.6) is 11.5 Å². The number of hydrogen-bond acceptors (Lipinski definition) is 5. The van der Waals surface area contributed by atoms with Crippen LogP contribution in [-0.4, -0.2) is 54.7 Å². The predicted molar refractivity (Wildman–Crippen MR) is 106 cm³/mol.